The van der Waals surface area contributed by atoms with Gasteiger partial charge in [0, 0.05) is 11.4 Å². The number of rotatable bonds is 3. The zero-order valence-corrected chi connectivity index (χ0v) is 10.1. The fourth-order valence-corrected chi connectivity index (χ4v) is 1.12. The number of allylic oxidation sites excluding steroid dienone is 3. The van der Waals surface area contributed by atoms with Crippen LogP contribution in [0.4, 0.5) is 0 Å². The highest BCUT2D eigenvalue weighted by Gasteiger charge is 2.02. The summed E-state index contributed by atoms with van der Waals surface area (Å²) in [6, 6.07) is 0. The third-order valence-corrected chi connectivity index (χ3v) is 1.51. The van der Waals surface area contributed by atoms with E-state index in [1.807, 2.05) is 41.5 Å². The zero-order chi connectivity index (χ0) is 11.3. The molecule has 0 atom stereocenters. The Hall–Kier alpha value is -1.18. The largest absolute Gasteiger partial charge is 0.257 e. The SMILES string of the molecule is C=C(C)/N=C(/C)C(N=C(C)C)=C(C)C. The van der Waals surface area contributed by atoms with Gasteiger partial charge in [-0.25, -0.2) is 0 Å². The van der Waals surface area contributed by atoms with E-state index in [0.29, 0.717) is 0 Å². The Kier molecular flexibility index (Phi) is 5.06. The average molecular weight is 192 g/mol. The van der Waals surface area contributed by atoms with Crippen LogP contribution in [-0.2, 0) is 0 Å². The normalized spacial score (nSPS) is 10.9. The summed E-state index contributed by atoms with van der Waals surface area (Å²) in [7, 11) is 0. The van der Waals surface area contributed by atoms with Crippen LogP contribution in [0, 0.1) is 0 Å². The van der Waals surface area contributed by atoms with Crippen LogP contribution in [0.2, 0.25) is 0 Å². The van der Waals surface area contributed by atoms with Crippen molar-refractivity contribution in [2.24, 2.45) is 9.98 Å². The van der Waals surface area contributed by atoms with Gasteiger partial charge in [0.1, 0.15) is 0 Å². The van der Waals surface area contributed by atoms with Gasteiger partial charge in [0.25, 0.3) is 0 Å². The molecule has 0 aromatic carbocycles. The third kappa shape index (κ3) is 4.75. The van der Waals surface area contributed by atoms with Gasteiger partial charge >= 0.3 is 0 Å². The quantitative estimate of drug-likeness (QED) is 0.608. The second kappa shape index (κ2) is 5.53. The topological polar surface area (TPSA) is 24.7 Å². The fraction of sp³-hybridized carbons (Fsp3) is 0.500. The number of hydrogen-bond donors (Lipinski definition) is 0. The number of hydrogen-bond acceptors (Lipinski definition) is 2. The van der Waals surface area contributed by atoms with Crippen LogP contribution in [0.1, 0.15) is 41.5 Å². The van der Waals surface area contributed by atoms with Gasteiger partial charge in [0.05, 0.1) is 11.4 Å². The molecule has 78 valence electrons. The van der Waals surface area contributed by atoms with Gasteiger partial charge in [-0.1, -0.05) is 6.58 Å². The minimum absolute atomic E-state index is 0.810. The Morgan fingerprint density at radius 1 is 0.857 bits per heavy atom. The first-order chi connectivity index (χ1) is 6.34. The maximum Gasteiger partial charge on any atom is 0.0827 e. The highest BCUT2D eigenvalue weighted by molar-refractivity contribution is 6.01. The van der Waals surface area contributed by atoms with Crippen LogP contribution in [0.5, 0.6) is 0 Å². The maximum absolute atomic E-state index is 4.45. The van der Waals surface area contributed by atoms with Crippen molar-refractivity contribution >= 4 is 11.4 Å². The standard InChI is InChI=1S/C12H20N2/c1-8(2)12(14-10(5)6)11(7)13-9(3)4/h3H2,1-2,4-7H3/b13-11-. The van der Waals surface area contributed by atoms with Crippen molar-refractivity contribution in [2.75, 3.05) is 0 Å². The molecule has 0 bridgehead atoms. The summed E-state index contributed by atoms with van der Waals surface area (Å²) in [6.45, 7) is 15.7. The van der Waals surface area contributed by atoms with Crippen LogP contribution < -0.4 is 0 Å². The molecular formula is C12H20N2. The molecule has 0 saturated heterocycles. The second-order valence-electron chi connectivity index (χ2n) is 3.84. The van der Waals surface area contributed by atoms with Gasteiger partial charge in [-0.3, -0.25) is 9.98 Å². The summed E-state index contributed by atoms with van der Waals surface area (Å²) in [5, 5.41) is 0. The van der Waals surface area contributed by atoms with E-state index in [1.165, 1.54) is 5.57 Å². The number of aliphatic imine (C=N–C) groups is 2. The lowest BCUT2D eigenvalue weighted by Crippen LogP contribution is -2.00. The third-order valence-electron chi connectivity index (χ3n) is 1.51. The molecule has 0 heterocycles. The molecular weight excluding hydrogens is 172 g/mol. The molecule has 0 unspecified atom stereocenters. The maximum atomic E-state index is 4.45. The Morgan fingerprint density at radius 3 is 1.64 bits per heavy atom. The minimum Gasteiger partial charge on any atom is -0.257 e. The lowest BCUT2D eigenvalue weighted by Gasteiger charge is -2.05. The van der Waals surface area contributed by atoms with E-state index in [2.05, 4.69) is 16.6 Å². The highest BCUT2D eigenvalue weighted by atomic mass is 14.8. The fourth-order valence-electron chi connectivity index (χ4n) is 1.12. The lowest BCUT2D eigenvalue weighted by atomic mass is 10.2. The molecule has 0 radical (unpaired) electrons. The predicted molar refractivity (Wildman–Crippen MR) is 65.1 cm³/mol. The smallest absolute Gasteiger partial charge is 0.0827 e. The summed E-state index contributed by atoms with van der Waals surface area (Å²) in [5.41, 5.74) is 4.92. The molecule has 0 aliphatic rings. The van der Waals surface area contributed by atoms with Crippen molar-refractivity contribution in [3.63, 3.8) is 0 Å². The van der Waals surface area contributed by atoms with Gasteiger partial charge in [0.2, 0.25) is 0 Å². The number of nitrogens with zero attached hydrogens (tertiary/aromatic N) is 2. The second-order valence-corrected chi connectivity index (χ2v) is 3.84. The lowest BCUT2D eigenvalue weighted by molar-refractivity contribution is 1.23. The average Bonchev–Trinajstić information content (AvgIpc) is 1.97. The van der Waals surface area contributed by atoms with Crippen LogP contribution in [0.25, 0.3) is 0 Å². The summed E-state index contributed by atoms with van der Waals surface area (Å²) in [6.07, 6.45) is 0. The molecule has 14 heavy (non-hydrogen) atoms. The molecule has 0 aliphatic carbocycles. The Balaban J connectivity index is 5.18. The molecule has 0 fully saturated rings. The van der Waals surface area contributed by atoms with E-state index in [1.54, 1.807) is 0 Å². The molecule has 0 N–H and O–H groups in total. The van der Waals surface area contributed by atoms with Crippen LogP contribution in [0.3, 0.4) is 0 Å². The van der Waals surface area contributed by atoms with Gasteiger partial charge < -0.3 is 0 Å². The first kappa shape index (κ1) is 12.8. The highest BCUT2D eigenvalue weighted by Crippen LogP contribution is 2.10. The van der Waals surface area contributed by atoms with Gasteiger partial charge in [-0.15, -0.1) is 0 Å². The van der Waals surface area contributed by atoms with Gasteiger partial charge in [-0.05, 0) is 47.1 Å². The summed E-state index contributed by atoms with van der Waals surface area (Å²) < 4.78 is 0. The van der Waals surface area contributed by atoms with Crippen LogP contribution >= 0.6 is 0 Å². The van der Waals surface area contributed by atoms with E-state index in [9.17, 15) is 0 Å². The van der Waals surface area contributed by atoms with Gasteiger partial charge in [0.15, 0.2) is 0 Å². The van der Waals surface area contributed by atoms with E-state index in [4.69, 9.17) is 0 Å². The molecule has 0 spiro atoms. The molecule has 0 rings (SSSR count). The first-order valence-electron chi connectivity index (χ1n) is 4.75. The van der Waals surface area contributed by atoms with E-state index in [-0.39, 0.29) is 0 Å². The molecule has 0 aromatic heterocycles. The predicted octanol–water partition coefficient (Wildman–Crippen LogP) is 3.76. The van der Waals surface area contributed by atoms with Crippen molar-refractivity contribution < 1.29 is 0 Å². The Labute approximate surface area is 87.2 Å². The van der Waals surface area contributed by atoms with Crippen LogP contribution in [-0.4, -0.2) is 11.4 Å². The van der Waals surface area contributed by atoms with Crippen molar-refractivity contribution in [2.45, 2.75) is 41.5 Å². The minimum atomic E-state index is 0.810. The first-order valence-corrected chi connectivity index (χ1v) is 4.75. The molecule has 0 aromatic rings. The molecule has 0 aliphatic heterocycles. The van der Waals surface area contributed by atoms with Crippen LogP contribution in [0.15, 0.2) is 33.5 Å². The van der Waals surface area contributed by atoms with Crippen molar-refractivity contribution in [3.8, 4) is 0 Å². The van der Waals surface area contributed by atoms with Crippen molar-refractivity contribution in [3.05, 3.63) is 23.5 Å². The van der Waals surface area contributed by atoms with E-state index in [0.717, 1.165) is 22.8 Å². The molecule has 0 saturated carbocycles. The van der Waals surface area contributed by atoms with Gasteiger partial charge in [-0.2, -0.15) is 0 Å². The van der Waals surface area contributed by atoms with Crippen molar-refractivity contribution in [1.82, 2.24) is 0 Å². The molecule has 2 heteroatoms. The molecule has 0 amide bonds. The monoisotopic (exact) mass is 192 g/mol. The summed E-state index contributed by atoms with van der Waals surface area (Å²) in [5.74, 6) is 0. The van der Waals surface area contributed by atoms with Crippen molar-refractivity contribution in [1.29, 1.82) is 0 Å². The summed E-state index contributed by atoms with van der Waals surface area (Å²) in [4.78, 5) is 8.76. The van der Waals surface area contributed by atoms with E-state index >= 15 is 0 Å². The summed E-state index contributed by atoms with van der Waals surface area (Å²) >= 11 is 0. The van der Waals surface area contributed by atoms with E-state index < -0.39 is 0 Å². The Morgan fingerprint density at radius 2 is 1.36 bits per heavy atom. The zero-order valence-electron chi connectivity index (χ0n) is 10.1. The molecule has 2 nitrogen and oxygen atoms in total. The Bertz CT molecular complexity index is 309.